The first kappa shape index (κ1) is 61.7. The summed E-state index contributed by atoms with van der Waals surface area (Å²) in [5, 5.41) is 51.0. The predicted octanol–water partition coefficient (Wildman–Crippen LogP) is 8.03. The molecule has 0 radical (unpaired) electrons. The summed E-state index contributed by atoms with van der Waals surface area (Å²) in [4.78, 5) is 54.3. The van der Waals surface area contributed by atoms with Gasteiger partial charge in [-0.1, -0.05) is 164 Å². The number of esters is 2. The number of aliphatic hydroxyl groups excluding tert-OH is 5. The fourth-order valence-corrected chi connectivity index (χ4v) is 8.50. The molecule has 0 aromatic rings. The molecule has 0 heterocycles. The number of carbonyl (C=O) groups is 2. The molecule has 0 amide bonds. The lowest BCUT2D eigenvalue weighted by Crippen LogP contribution is -2.64. The van der Waals surface area contributed by atoms with Gasteiger partial charge in [-0.15, -0.1) is 0 Å². The van der Waals surface area contributed by atoms with E-state index in [0.29, 0.717) is 32.1 Å². The van der Waals surface area contributed by atoms with Crippen molar-refractivity contribution < 1.29 is 82.0 Å². The second-order valence-electron chi connectivity index (χ2n) is 16.7. The summed E-state index contributed by atoms with van der Waals surface area (Å²) in [6.45, 7) is 2.83. The Morgan fingerprint density at radius 1 is 0.576 bits per heavy atom. The van der Waals surface area contributed by atoms with Crippen molar-refractivity contribution in [1.82, 2.24) is 0 Å². The summed E-state index contributed by atoms with van der Waals surface area (Å²) in [5.41, 5.74) is 0. The van der Waals surface area contributed by atoms with Crippen LogP contribution in [0.25, 0.3) is 0 Å². The minimum atomic E-state index is -5.38. The van der Waals surface area contributed by atoms with Gasteiger partial charge in [0.1, 0.15) is 43.2 Å². The molecular weight excluding hydrogens is 898 g/mol. The monoisotopic (exact) mass is 981 g/mol. The molecule has 66 heavy (non-hydrogen) atoms. The number of rotatable bonds is 39. The summed E-state index contributed by atoms with van der Waals surface area (Å²) >= 11 is 0. The van der Waals surface area contributed by atoms with Crippen molar-refractivity contribution in [2.45, 2.75) is 210 Å². The molecule has 19 heteroatoms. The number of hydrogen-bond acceptors (Lipinski definition) is 14. The summed E-state index contributed by atoms with van der Waals surface area (Å²) in [5.74, 6) is -1.30. The van der Waals surface area contributed by atoms with E-state index in [1.54, 1.807) is 6.08 Å². The predicted molar refractivity (Wildman–Crippen MR) is 252 cm³/mol. The minimum Gasteiger partial charge on any atom is -0.462 e. The largest absolute Gasteiger partial charge is 0.472 e. The molecule has 0 bridgehead atoms. The molecule has 1 rings (SSSR count). The third-order valence-corrected chi connectivity index (χ3v) is 12.2. The molecular formula is C47H82O17P2. The molecule has 1 saturated carbocycles. The van der Waals surface area contributed by atoms with E-state index in [2.05, 4.69) is 11.4 Å². The summed E-state index contributed by atoms with van der Waals surface area (Å²) in [6.07, 6.45) is 25.2. The first-order chi connectivity index (χ1) is 31.5. The normalized spacial score (nSPS) is 22.5. The molecule has 0 saturated heterocycles. The van der Waals surface area contributed by atoms with Gasteiger partial charge in [-0.25, -0.2) is 9.13 Å². The SMILES string of the molecule is CC/C=C\C(O)C/C=C/C=C\C/C=C\C/C=C\CCCC(=O)OC[C@H](COP(=O)(O)O[C@H]1C(O)C(O)C(O)[C@@H](OP(=O)(O)O)C1O)OC(=O)CCCCCCCCCCCCCCCCC. The molecule has 0 aromatic heterocycles. The minimum absolute atomic E-state index is 0.0240. The molecule has 0 spiro atoms. The lowest BCUT2D eigenvalue weighted by atomic mass is 9.85. The van der Waals surface area contributed by atoms with Crippen LogP contribution >= 0.6 is 15.6 Å². The van der Waals surface area contributed by atoms with Crippen LogP contribution in [0.15, 0.2) is 60.8 Å². The Kier molecular flexibility index (Phi) is 35.1. The number of carbonyl (C=O) groups excluding carboxylic acids is 2. The first-order valence-electron chi connectivity index (χ1n) is 23.9. The van der Waals surface area contributed by atoms with Crippen molar-refractivity contribution in [2.24, 2.45) is 0 Å². The van der Waals surface area contributed by atoms with Crippen LogP contribution in [0.2, 0.25) is 0 Å². The van der Waals surface area contributed by atoms with Crippen LogP contribution in [0.4, 0.5) is 0 Å². The van der Waals surface area contributed by atoms with Crippen LogP contribution in [-0.2, 0) is 41.8 Å². The Bertz CT molecular complexity index is 1530. The van der Waals surface area contributed by atoms with Crippen LogP contribution < -0.4 is 0 Å². The summed E-state index contributed by atoms with van der Waals surface area (Å²) in [7, 11) is -10.7. The highest BCUT2D eigenvalue weighted by atomic mass is 31.2. The standard InChI is InChI=1S/C47H82O17P2/c1-3-5-7-8-9-10-11-12-13-14-19-22-25-28-31-35-41(50)62-39(37-61-66(58,59)64-47-44(53)42(51)43(52)46(45(47)54)63-65(55,56)57)36-60-40(49)34-30-27-24-21-18-16-15-17-20-23-26-29-33-38(48)32-6-4-2/h6,15-16,20-21,23-24,26,29,32,38-39,42-48,51-54H,3-5,7-14,17-19,22,25,27-28,30-31,33-37H2,1-2H3,(H,58,59)(H2,55,56,57)/b16-15-,23-20-,24-21-,29-26+,32-6-/t38?,39-,42?,43?,44?,45?,46-,47+/m1/s1. The Balaban J connectivity index is 2.63. The Labute approximate surface area is 392 Å². The van der Waals surface area contributed by atoms with Crippen LogP contribution in [0.1, 0.15) is 162 Å². The zero-order valence-electron chi connectivity index (χ0n) is 39.2. The maximum absolute atomic E-state index is 13.0. The fraction of sp³-hybridized carbons (Fsp3) is 0.745. The molecule has 1 aliphatic carbocycles. The van der Waals surface area contributed by atoms with E-state index in [0.717, 1.165) is 38.5 Å². The first-order valence-corrected chi connectivity index (χ1v) is 27.0. The highest BCUT2D eigenvalue weighted by Gasteiger charge is 2.54. The summed E-state index contributed by atoms with van der Waals surface area (Å²) < 4.78 is 49.3. The lowest BCUT2D eigenvalue weighted by molar-refractivity contribution is -0.216. The van der Waals surface area contributed by atoms with Gasteiger partial charge in [-0.2, -0.15) is 0 Å². The molecule has 1 fully saturated rings. The second-order valence-corrected chi connectivity index (χ2v) is 19.3. The van der Waals surface area contributed by atoms with Crippen LogP contribution in [-0.4, -0.2) is 114 Å². The lowest BCUT2D eigenvalue weighted by Gasteiger charge is -2.43. The number of hydrogen-bond donors (Lipinski definition) is 8. The topological polar surface area (TPSA) is 276 Å². The highest BCUT2D eigenvalue weighted by molar-refractivity contribution is 7.47. The molecule has 1 aliphatic rings. The van der Waals surface area contributed by atoms with Gasteiger partial charge in [0.25, 0.3) is 0 Å². The van der Waals surface area contributed by atoms with E-state index >= 15 is 0 Å². The molecule has 382 valence electrons. The third-order valence-electron chi connectivity index (χ3n) is 10.7. The molecule has 9 atom stereocenters. The maximum atomic E-state index is 13.0. The van der Waals surface area contributed by atoms with Crippen molar-refractivity contribution in [3.05, 3.63) is 60.8 Å². The average molecular weight is 981 g/mol. The maximum Gasteiger partial charge on any atom is 0.472 e. The van der Waals surface area contributed by atoms with Gasteiger partial charge in [0, 0.05) is 12.8 Å². The third kappa shape index (κ3) is 31.7. The number of ether oxygens (including phenoxy) is 2. The van der Waals surface area contributed by atoms with Crippen molar-refractivity contribution in [3.63, 3.8) is 0 Å². The number of phosphoric ester groups is 2. The van der Waals surface area contributed by atoms with Gasteiger partial charge < -0.3 is 49.7 Å². The van der Waals surface area contributed by atoms with Gasteiger partial charge in [0.05, 0.1) is 12.7 Å². The zero-order valence-corrected chi connectivity index (χ0v) is 41.0. The van der Waals surface area contributed by atoms with E-state index in [1.165, 1.54) is 64.2 Å². The number of aliphatic hydroxyl groups is 5. The van der Waals surface area contributed by atoms with E-state index in [9.17, 15) is 58.9 Å². The van der Waals surface area contributed by atoms with Gasteiger partial charge in [-0.05, 0) is 44.9 Å². The van der Waals surface area contributed by atoms with Gasteiger partial charge in [-0.3, -0.25) is 23.2 Å². The number of phosphoric acid groups is 2. The van der Waals surface area contributed by atoms with Crippen molar-refractivity contribution >= 4 is 27.6 Å². The Hall–Kier alpha value is -2.34. The van der Waals surface area contributed by atoms with Crippen LogP contribution in [0.3, 0.4) is 0 Å². The average Bonchev–Trinajstić information content (AvgIpc) is 3.27. The number of allylic oxidation sites excluding steroid dienone is 8. The van der Waals surface area contributed by atoms with Gasteiger partial charge >= 0.3 is 27.6 Å². The van der Waals surface area contributed by atoms with Crippen molar-refractivity contribution in [2.75, 3.05) is 13.2 Å². The van der Waals surface area contributed by atoms with E-state index in [4.69, 9.17) is 18.5 Å². The smallest absolute Gasteiger partial charge is 0.462 e. The van der Waals surface area contributed by atoms with Crippen LogP contribution in [0.5, 0.6) is 0 Å². The van der Waals surface area contributed by atoms with Gasteiger partial charge in [0.15, 0.2) is 6.10 Å². The van der Waals surface area contributed by atoms with Crippen molar-refractivity contribution in [3.8, 4) is 0 Å². The van der Waals surface area contributed by atoms with E-state index in [-0.39, 0.29) is 12.8 Å². The van der Waals surface area contributed by atoms with Crippen LogP contribution in [0, 0.1) is 0 Å². The molecule has 0 aliphatic heterocycles. The fourth-order valence-electron chi connectivity index (χ4n) is 6.96. The Morgan fingerprint density at radius 2 is 1.09 bits per heavy atom. The molecule has 17 nitrogen and oxygen atoms in total. The van der Waals surface area contributed by atoms with E-state index in [1.807, 2.05) is 61.6 Å². The number of unbranched alkanes of at least 4 members (excludes halogenated alkanes) is 15. The second kappa shape index (κ2) is 37.5. The summed E-state index contributed by atoms with van der Waals surface area (Å²) in [6, 6.07) is 0. The molecule has 8 N–H and O–H groups in total. The molecule has 0 aromatic carbocycles. The quantitative estimate of drug-likeness (QED) is 0.00951. The van der Waals surface area contributed by atoms with Crippen molar-refractivity contribution in [1.29, 1.82) is 0 Å². The Morgan fingerprint density at radius 3 is 1.67 bits per heavy atom. The van der Waals surface area contributed by atoms with Gasteiger partial charge in [0.2, 0.25) is 0 Å². The van der Waals surface area contributed by atoms with E-state index < -0.39 is 89.6 Å². The molecule has 6 unspecified atom stereocenters. The zero-order chi connectivity index (χ0) is 49.1. The highest BCUT2D eigenvalue weighted by Crippen LogP contribution is 2.49.